The first-order chi connectivity index (χ1) is 6.63. The minimum atomic E-state index is -1.98. The molecule has 0 bridgehead atoms. The van der Waals surface area contributed by atoms with E-state index in [4.69, 9.17) is 15.6 Å². The number of halogens is 1. The first-order valence-corrected chi connectivity index (χ1v) is 5.57. The first kappa shape index (κ1) is 14.4. The lowest BCUT2D eigenvalue weighted by molar-refractivity contribution is -0.169. The van der Waals surface area contributed by atoms with Crippen molar-refractivity contribution in [2.75, 3.05) is 5.33 Å². The summed E-state index contributed by atoms with van der Waals surface area (Å²) < 4.78 is 4.95. The fourth-order valence-electron chi connectivity index (χ4n) is 0.815. The van der Waals surface area contributed by atoms with Crippen LogP contribution in [0.25, 0.3) is 0 Å². The maximum absolute atomic E-state index is 11.6. The molecule has 0 rings (SSSR count). The van der Waals surface area contributed by atoms with E-state index in [2.05, 4.69) is 15.9 Å². The van der Waals surface area contributed by atoms with Gasteiger partial charge in [0, 0.05) is 5.33 Å². The lowest BCUT2D eigenvalue weighted by atomic mass is 9.98. The highest BCUT2D eigenvalue weighted by Gasteiger charge is 2.44. The van der Waals surface area contributed by atoms with Gasteiger partial charge in [-0.3, -0.25) is 0 Å². The number of carboxylic acids is 1. The standard InChI is InChI=1S/C9H16BrNO4/c1-8(2,3)15-7(14)9(11,4-5-10)6(12)13/h4-5,11H2,1-3H3,(H,12,13)/t9-/m1/s1. The van der Waals surface area contributed by atoms with Gasteiger partial charge in [0.15, 0.2) is 0 Å². The average molecular weight is 282 g/mol. The Hall–Kier alpha value is -0.620. The van der Waals surface area contributed by atoms with Gasteiger partial charge < -0.3 is 15.6 Å². The van der Waals surface area contributed by atoms with Crippen LogP contribution in [0.4, 0.5) is 0 Å². The number of carbonyl (C=O) groups excluding carboxylic acids is 1. The summed E-state index contributed by atoms with van der Waals surface area (Å²) in [5.41, 5.74) is 2.78. The molecule has 1 atom stereocenters. The quantitative estimate of drug-likeness (QED) is 0.454. The number of nitrogens with two attached hydrogens (primary N) is 1. The van der Waals surface area contributed by atoms with Gasteiger partial charge in [0.05, 0.1) is 0 Å². The summed E-state index contributed by atoms with van der Waals surface area (Å²) in [4.78, 5) is 22.5. The van der Waals surface area contributed by atoms with E-state index in [1.54, 1.807) is 20.8 Å². The molecule has 15 heavy (non-hydrogen) atoms. The van der Waals surface area contributed by atoms with Gasteiger partial charge in [-0.05, 0) is 27.2 Å². The van der Waals surface area contributed by atoms with Gasteiger partial charge in [-0.25, -0.2) is 9.59 Å². The van der Waals surface area contributed by atoms with Crippen molar-refractivity contribution in [2.24, 2.45) is 5.73 Å². The number of carbonyl (C=O) groups is 2. The monoisotopic (exact) mass is 281 g/mol. The molecule has 0 aromatic heterocycles. The second-order valence-corrected chi connectivity index (χ2v) is 5.01. The molecule has 0 aliphatic carbocycles. The molecular formula is C9H16BrNO4. The van der Waals surface area contributed by atoms with Gasteiger partial charge >= 0.3 is 11.9 Å². The highest BCUT2D eigenvalue weighted by molar-refractivity contribution is 9.09. The summed E-state index contributed by atoms with van der Waals surface area (Å²) in [6, 6.07) is 0. The van der Waals surface area contributed by atoms with Crippen LogP contribution in [0.5, 0.6) is 0 Å². The zero-order chi connectivity index (χ0) is 12.3. The largest absolute Gasteiger partial charge is 0.479 e. The topological polar surface area (TPSA) is 89.6 Å². The van der Waals surface area contributed by atoms with Crippen LogP contribution < -0.4 is 5.73 Å². The molecule has 88 valence electrons. The van der Waals surface area contributed by atoms with E-state index in [0.29, 0.717) is 5.33 Å². The first-order valence-electron chi connectivity index (χ1n) is 4.45. The lowest BCUT2D eigenvalue weighted by Gasteiger charge is -2.27. The van der Waals surface area contributed by atoms with E-state index in [0.717, 1.165) is 0 Å². The predicted octanol–water partition coefficient (Wildman–Crippen LogP) is 0.895. The van der Waals surface area contributed by atoms with Crippen molar-refractivity contribution in [1.29, 1.82) is 0 Å². The molecule has 3 N–H and O–H groups in total. The predicted molar refractivity (Wildman–Crippen MR) is 58.8 cm³/mol. The summed E-state index contributed by atoms with van der Waals surface area (Å²) in [5.74, 6) is -2.29. The fourth-order valence-corrected chi connectivity index (χ4v) is 1.44. The number of rotatable bonds is 4. The van der Waals surface area contributed by atoms with E-state index >= 15 is 0 Å². The summed E-state index contributed by atoms with van der Waals surface area (Å²) >= 11 is 3.05. The van der Waals surface area contributed by atoms with E-state index in [1.165, 1.54) is 0 Å². The van der Waals surface area contributed by atoms with Gasteiger partial charge in [-0.2, -0.15) is 0 Å². The molecule has 6 heteroatoms. The molecule has 0 spiro atoms. The SMILES string of the molecule is CC(C)(C)OC(=O)[C@@](N)(CCBr)C(=O)O. The van der Waals surface area contributed by atoms with Crippen LogP contribution >= 0.6 is 15.9 Å². The number of hydrogen-bond acceptors (Lipinski definition) is 4. The van der Waals surface area contributed by atoms with Crippen molar-refractivity contribution in [3.8, 4) is 0 Å². The van der Waals surface area contributed by atoms with E-state index < -0.39 is 23.1 Å². The second-order valence-electron chi connectivity index (χ2n) is 4.22. The number of hydrogen-bond donors (Lipinski definition) is 2. The average Bonchev–Trinajstić information content (AvgIpc) is 2.00. The van der Waals surface area contributed by atoms with Crippen LogP contribution in [0.2, 0.25) is 0 Å². The normalized spacial score (nSPS) is 15.5. The fraction of sp³-hybridized carbons (Fsp3) is 0.778. The maximum atomic E-state index is 11.6. The van der Waals surface area contributed by atoms with Gasteiger partial charge in [0.2, 0.25) is 5.54 Å². The van der Waals surface area contributed by atoms with Crippen LogP contribution in [-0.2, 0) is 14.3 Å². The van der Waals surface area contributed by atoms with Crippen molar-refractivity contribution in [3.05, 3.63) is 0 Å². The summed E-state index contributed by atoms with van der Waals surface area (Å²) in [6.07, 6.45) is -0.0166. The Labute approximate surface area is 97.1 Å². The zero-order valence-electron chi connectivity index (χ0n) is 9.04. The van der Waals surface area contributed by atoms with E-state index in [-0.39, 0.29) is 6.42 Å². The Kier molecular flexibility index (Phi) is 4.73. The van der Waals surface area contributed by atoms with Crippen molar-refractivity contribution in [2.45, 2.75) is 38.3 Å². The van der Waals surface area contributed by atoms with Gasteiger partial charge in [-0.1, -0.05) is 15.9 Å². The lowest BCUT2D eigenvalue weighted by Crippen LogP contribution is -2.57. The Morgan fingerprint density at radius 2 is 1.87 bits per heavy atom. The summed E-state index contributed by atoms with van der Waals surface area (Å²) in [5, 5.41) is 9.20. The van der Waals surface area contributed by atoms with Crippen LogP contribution in [0.3, 0.4) is 0 Å². The Balaban J connectivity index is 4.79. The number of ether oxygens (including phenoxy) is 1. The van der Waals surface area contributed by atoms with Crippen molar-refractivity contribution in [3.63, 3.8) is 0 Å². The molecule has 0 saturated heterocycles. The van der Waals surface area contributed by atoms with Crippen LogP contribution in [0.15, 0.2) is 0 Å². The molecule has 5 nitrogen and oxygen atoms in total. The third-order valence-electron chi connectivity index (χ3n) is 1.63. The van der Waals surface area contributed by atoms with E-state index in [9.17, 15) is 9.59 Å². The minimum Gasteiger partial charge on any atom is -0.479 e. The third kappa shape index (κ3) is 4.17. The summed E-state index contributed by atoms with van der Waals surface area (Å²) in [6.45, 7) is 4.96. The molecule has 0 amide bonds. The molecular weight excluding hydrogens is 266 g/mol. The molecule has 0 aliphatic heterocycles. The molecule has 0 heterocycles. The second kappa shape index (κ2) is 4.94. The van der Waals surface area contributed by atoms with Gasteiger partial charge in [0.1, 0.15) is 5.60 Å². The maximum Gasteiger partial charge on any atom is 0.338 e. The Morgan fingerprint density at radius 1 is 1.40 bits per heavy atom. The van der Waals surface area contributed by atoms with Crippen molar-refractivity contribution < 1.29 is 19.4 Å². The molecule has 0 aromatic rings. The zero-order valence-corrected chi connectivity index (χ0v) is 10.6. The number of alkyl halides is 1. The van der Waals surface area contributed by atoms with Gasteiger partial charge in [-0.15, -0.1) is 0 Å². The molecule has 0 aliphatic rings. The van der Waals surface area contributed by atoms with Crippen molar-refractivity contribution in [1.82, 2.24) is 0 Å². The minimum absolute atomic E-state index is 0.0166. The third-order valence-corrected chi connectivity index (χ3v) is 2.03. The number of carboxylic acid groups (broad SMARTS) is 1. The van der Waals surface area contributed by atoms with Crippen LogP contribution in [0, 0.1) is 0 Å². The molecule has 0 unspecified atom stereocenters. The highest BCUT2D eigenvalue weighted by atomic mass is 79.9. The Morgan fingerprint density at radius 3 is 2.13 bits per heavy atom. The molecule has 0 aromatic carbocycles. The molecule has 0 fully saturated rings. The van der Waals surface area contributed by atoms with Crippen LogP contribution in [-0.4, -0.2) is 33.5 Å². The Bertz CT molecular complexity index is 261. The van der Waals surface area contributed by atoms with Crippen molar-refractivity contribution >= 4 is 27.9 Å². The number of esters is 1. The number of aliphatic carboxylic acids is 1. The van der Waals surface area contributed by atoms with Gasteiger partial charge in [0.25, 0.3) is 0 Å². The highest BCUT2D eigenvalue weighted by Crippen LogP contribution is 2.17. The summed E-state index contributed by atoms with van der Waals surface area (Å²) in [7, 11) is 0. The molecule has 0 radical (unpaired) electrons. The van der Waals surface area contributed by atoms with Crippen LogP contribution in [0.1, 0.15) is 27.2 Å². The molecule has 0 saturated carbocycles. The smallest absolute Gasteiger partial charge is 0.338 e. The van der Waals surface area contributed by atoms with E-state index in [1.807, 2.05) is 0 Å².